The molecule has 9 nitrogen and oxygen atoms in total. The van der Waals surface area contributed by atoms with Gasteiger partial charge in [-0.05, 0) is 44.9 Å². The Hall–Kier alpha value is -1.51. The van der Waals surface area contributed by atoms with Gasteiger partial charge >= 0.3 is 13.8 Å². The van der Waals surface area contributed by atoms with Crippen LogP contribution in [0.5, 0.6) is 0 Å². The number of nitrogens with one attached hydrogen (secondary N) is 1. The highest BCUT2D eigenvalue weighted by atomic mass is 31.2. The monoisotopic (exact) mass is 926 g/mol. The molecule has 0 aliphatic rings. The normalized spacial score (nSPS) is 13.2. The Morgan fingerprint density at radius 3 is 1.28 bits per heavy atom. The first-order valence-corrected chi connectivity index (χ1v) is 28.8. The van der Waals surface area contributed by atoms with Crippen molar-refractivity contribution in [2.45, 2.75) is 283 Å². The first-order valence-electron chi connectivity index (χ1n) is 27.3. The van der Waals surface area contributed by atoms with Crippen molar-refractivity contribution in [2.75, 3.05) is 26.4 Å². The van der Waals surface area contributed by atoms with Gasteiger partial charge in [0.1, 0.15) is 12.7 Å². The predicted molar refractivity (Wildman–Crippen MR) is 271 cm³/mol. The van der Waals surface area contributed by atoms with Crippen molar-refractivity contribution >= 4 is 19.7 Å². The number of esters is 1. The lowest BCUT2D eigenvalue weighted by Crippen LogP contribution is -2.27. The zero-order valence-electron chi connectivity index (χ0n) is 42.0. The lowest BCUT2D eigenvalue weighted by atomic mass is 10.0. The van der Waals surface area contributed by atoms with E-state index < -0.39 is 26.5 Å². The Morgan fingerprint density at radius 2 is 0.844 bits per heavy atom. The average Bonchev–Trinajstić information content (AvgIpc) is 3.28. The molecule has 0 aliphatic heterocycles. The molecule has 64 heavy (non-hydrogen) atoms. The number of aliphatic hydroxyl groups excluding tert-OH is 1. The van der Waals surface area contributed by atoms with Crippen LogP contribution in [0.25, 0.3) is 0 Å². The summed E-state index contributed by atoms with van der Waals surface area (Å²) in [7, 11) is -4.42. The van der Waals surface area contributed by atoms with Gasteiger partial charge in [-0.2, -0.15) is 0 Å². The van der Waals surface area contributed by atoms with Gasteiger partial charge < -0.3 is 20.1 Å². The Labute approximate surface area is 395 Å². The van der Waals surface area contributed by atoms with Gasteiger partial charge in [0, 0.05) is 19.4 Å². The number of amides is 1. The van der Waals surface area contributed by atoms with E-state index in [0.29, 0.717) is 6.42 Å². The first-order chi connectivity index (χ1) is 31.3. The van der Waals surface area contributed by atoms with E-state index in [1.807, 2.05) is 0 Å². The van der Waals surface area contributed by atoms with E-state index >= 15 is 0 Å². The first kappa shape index (κ1) is 62.5. The van der Waals surface area contributed by atoms with E-state index in [4.69, 9.17) is 13.8 Å². The van der Waals surface area contributed by atoms with Gasteiger partial charge in [0.15, 0.2) is 0 Å². The van der Waals surface area contributed by atoms with E-state index in [1.54, 1.807) is 0 Å². The van der Waals surface area contributed by atoms with Crippen molar-refractivity contribution in [2.24, 2.45) is 0 Å². The smallest absolute Gasteiger partial charge is 0.463 e. The molecule has 3 N–H and O–H groups in total. The zero-order valence-corrected chi connectivity index (χ0v) is 42.9. The van der Waals surface area contributed by atoms with Gasteiger partial charge in [-0.15, -0.1) is 0 Å². The van der Waals surface area contributed by atoms with Crippen LogP contribution in [0.4, 0.5) is 0 Å². The summed E-state index contributed by atoms with van der Waals surface area (Å²) in [6.45, 7) is 3.59. The molecule has 0 aromatic heterocycles. The van der Waals surface area contributed by atoms with Crippen molar-refractivity contribution < 1.29 is 37.9 Å². The molecule has 0 aliphatic carbocycles. The van der Waals surface area contributed by atoms with Gasteiger partial charge in [0.05, 0.1) is 13.2 Å². The third-order valence-electron chi connectivity index (χ3n) is 12.1. The number of phosphoric acid groups is 1. The SMILES string of the molecule is CCCCC/C=C\C/C=C\CCCCCCCCCCCCCC(=O)NCCOP(=O)(O)OCC(O)COC(=O)CCCCCCCCCCCCCCCCCCCCCCCC. The third kappa shape index (κ3) is 51.5. The maximum absolute atomic E-state index is 12.2. The highest BCUT2D eigenvalue weighted by Gasteiger charge is 2.23. The summed E-state index contributed by atoms with van der Waals surface area (Å²) in [6.07, 6.45) is 58.4. The maximum Gasteiger partial charge on any atom is 0.472 e. The summed E-state index contributed by atoms with van der Waals surface area (Å²) >= 11 is 0. The molecule has 0 fully saturated rings. The number of ether oxygens (including phenoxy) is 1. The summed E-state index contributed by atoms with van der Waals surface area (Å²) in [5, 5.41) is 12.8. The molecule has 0 aromatic rings. The molecule has 378 valence electrons. The highest BCUT2D eigenvalue weighted by molar-refractivity contribution is 7.47. The Kier molecular flexibility index (Phi) is 49.7. The minimum atomic E-state index is -4.42. The number of aliphatic hydroxyl groups is 1. The van der Waals surface area contributed by atoms with Crippen LogP contribution in [0.2, 0.25) is 0 Å². The fraction of sp³-hybridized carbons (Fsp3) is 0.889. The van der Waals surface area contributed by atoms with Crippen LogP contribution in [0.1, 0.15) is 277 Å². The van der Waals surface area contributed by atoms with E-state index in [2.05, 4.69) is 43.5 Å². The predicted octanol–water partition coefficient (Wildman–Crippen LogP) is 16.3. The molecule has 0 saturated heterocycles. The molecule has 2 atom stereocenters. The number of allylic oxidation sites excluding steroid dienone is 4. The van der Waals surface area contributed by atoms with Crippen LogP contribution in [0, 0.1) is 0 Å². The highest BCUT2D eigenvalue weighted by Crippen LogP contribution is 2.42. The standard InChI is InChI=1S/C54H104NO8P/c1-3-5-7-9-11-13-15-17-19-21-23-25-27-29-31-33-35-37-39-41-43-45-47-54(58)61-50-52(56)51-63-64(59,60)62-49-48-55-53(57)46-44-42-40-38-36-34-32-30-28-26-24-22-20-18-16-14-12-10-8-6-4-2/h12,14,18,20,52,56H,3-11,13,15-17,19,21-51H2,1-2H3,(H,55,57)(H,59,60)/b14-12-,20-18-. The fourth-order valence-corrected chi connectivity index (χ4v) is 8.76. The molecule has 0 heterocycles. The van der Waals surface area contributed by atoms with Crippen molar-refractivity contribution in [1.29, 1.82) is 0 Å². The summed E-state index contributed by atoms with van der Waals surface area (Å²) in [5.74, 6) is -0.505. The van der Waals surface area contributed by atoms with E-state index in [1.165, 1.54) is 205 Å². The van der Waals surface area contributed by atoms with Crippen LogP contribution >= 0.6 is 7.82 Å². The molecule has 1 amide bonds. The van der Waals surface area contributed by atoms with Crippen molar-refractivity contribution in [1.82, 2.24) is 5.32 Å². The number of carbonyl (C=O) groups excluding carboxylic acids is 2. The van der Waals surface area contributed by atoms with Crippen LogP contribution in [0.3, 0.4) is 0 Å². The van der Waals surface area contributed by atoms with Gasteiger partial charge in [-0.3, -0.25) is 18.6 Å². The summed E-state index contributed by atoms with van der Waals surface area (Å²) in [5.41, 5.74) is 0. The summed E-state index contributed by atoms with van der Waals surface area (Å²) in [6, 6.07) is 0. The molecule has 2 unspecified atom stereocenters. The second-order valence-corrected chi connectivity index (χ2v) is 20.0. The average molecular weight is 926 g/mol. The fourth-order valence-electron chi connectivity index (χ4n) is 8.00. The van der Waals surface area contributed by atoms with E-state index in [-0.39, 0.29) is 32.1 Å². The van der Waals surface area contributed by atoms with Crippen LogP contribution in [0.15, 0.2) is 24.3 Å². The van der Waals surface area contributed by atoms with Crippen molar-refractivity contribution in [3.63, 3.8) is 0 Å². The van der Waals surface area contributed by atoms with Crippen molar-refractivity contribution in [3.8, 4) is 0 Å². The molecule has 0 radical (unpaired) electrons. The van der Waals surface area contributed by atoms with Crippen LogP contribution < -0.4 is 5.32 Å². The molecule has 0 saturated carbocycles. The largest absolute Gasteiger partial charge is 0.472 e. The summed E-state index contributed by atoms with van der Waals surface area (Å²) < 4.78 is 27.0. The van der Waals surface area contributed by atoms with E-state index in [0.717, 1.165) is 44.9 Å². The third-order valence-corrected chi connectivity index (χ3v) is 13.1. The minimum Gasteiger partial charge on any atom is -0.463 e. The lowest BCUT2D eigenvalue weighted by molar-refractivity contribution is -0.147. The number of phosphoric ester groups is 1. The number of hydrogen-bond donors (Lipinski definition) is 3. The second kappa shape index (κ2) is 50.9. The van der Waals surface area contributed by atoms with Gasteiger partial charge in [-0.25, -0.2) is 4.57 Å². The topological polar surface area (TPSA) is 131 Å². The Balaban J connectivity index is 3.51. The molecular formula is C54H104NO8P. The number of carbonyl (C=O) groups is 2. The summed E-state index contributed by atoms with van der Waals surface area (Å²) in [4.78, 5) is 34.1. The molecule has 10 heteroatoms. The second-order valence-electron chi connectivity index (χ2n) is 18.6. The number of rotatable bonds is 52. The number of hydrogen-bond acceptors (Lipinski definition) is 7. The maximum atomic E-state index is 12.2. The van der Waals surface area contributed by atoms with Gasteiger partial charge in [0.25, 0.3) is 0 Å². The molecule has 0 bridgehead atoms. The number of unbranched alkanes of at least 4 members (excludes halogenated alkanes) is 35. The van der Waals surface area contributed by atoms with Gasteiger partial charge in [-0.1, -0.05) is 244 Å². The zero-order chi connectivity index (χ0) is 46.7. The minimum absolute atomic E-state index is 0.0834. The molecule has 0 spiro atoms. The lowest BCUT2D eigenvalue weighted by Gasteiger charge is -2.15. The molecule has 0 aromatic carbocycles. The van der Waals surface area contributed by atoms with Crippen LogP contribution in [-0.4, -0.2) is 54.3 Å². The quantitative estimate of drug-likeness (QED) is 0.0238. The van der Waals surface area contributed by atoms with E-state index in [9.17, 15) is 24.2 Å². The molecular weight excluding hydrogens is 822 g/mol. The van der Waals surface area contributed by atoms with Gasteiger partial charge in [0.2, 0.25) is 5.91 Å². The Bertz CT molecular complexity index is 1100. The van der Waals surface area contributed by atoms with Crippen LogP contribution in [-0.2, 0) is 27.9 Å². The Morgan fingerprint density at radius 1 is 0.484 bits per heavy atom. The van der Waals surface area contributed by atoms with Crippen molar-refractivity contribution in [3.05, 3.63) is 24.3 Å². The molecule has 0 rings (SSSR count).